The normalized spacial score (nSPS) is 21.4. The van der Waals surface area contributed by atoms with Crippen LogP contribution in [0, 0.1) is 18.8 Å². The monoisotopic (exact) mass is 347 g/mol. The number of carbonyl (C=O) groups excluding carboxylic acids is 1. The molecule has 1 aliphatic rings. The highest BCUT2D eigenvalue weighted by Gasteiger charge is 2.30. The largest absolute Gasteiger partial charge is 0.490 e. The number of hydrogen-bond acceptors (Lipinski definition) is 3. The van der Waals surface area contributed by atoms with Gasteiger partial charge in [0.2, 0.25) is 5.91 Å². The molecule has 1 amide bonds. The van der Waals surface area contributed by atoms with Gasteiger partial charge in [-0.25, -0.2) is 0 Å². The fraction of sp³-hybridized carbons (Fsp3) is 0.600. The van der Waals surface area contributed by atoms with Crippen LogP contribution in [0.1, 0.15) is 57.1 Å². The molecule has 1 fully saturated rings. The fourth-order valence-electron chi connectivity index (χ4n) is 3.20. The van der Waals surface area contributed by atoms with Crippen molar-refractivity contribution in [3.05, 3.63) is 29.3 Å². The average Bonchev–Trinajstić information content (AvgIpc) is 2.60. The van der Waals surface area contributed by atoms with E-state index in [1.807, 2.05) is 32.0 Å². The SMILES string of the molecule is CCC(C)Oc1cc(C)ccc1CNC(=O)C1CCCC(C(=O)O)C1. The summed E-state index contributed by atoms with van der Waals surface area (Å²) in [4.78, 5) is 23.6. The first-order valence-electron chi connectivity index (χ1n) is 9.17. The zero-order chi connectivity index (χ0) is 18.4. The summed E-state index contributed by atoms with van der Waals surface area (Å²) in [5.74, 6) is -0.643. The lowest BCUT2D eigenvalue weighted by Crippen LogP contribution is -2.35. The Morgan fingerprint density at radius 3 is 2.72 bits per heavy atom. The predicted octanol–water partition coefficient (Wildman–Crippen LogP) is 3.68. The van der Waals surface area contributed by atoms with Gasteiger partial charge in [-0.05, 0) is 51.2 Å². The van der Waals surface area contributed by atoms with Crippen molar-refractivity contribution in [2.75, 3.05) is 0 Å². The van der Waals surface area contributed by atoms with Gasteiger partial charge in [0, 0.05) is 18.0 Å². The van der Waals surface area contributed by atoms with Crippen LogP contribution in [-0.4, -0.2) is 23.1 Å². The second-order valence-corrected chi connectivity index (χ2v) is 7.06. The number of amides is 1. The number of carboxylic acids is 1. The molecule has 2 N–H and O–H groups in total. The summed E-state index contributed by atoms with van der Waals surface area (Å²) in [5, 5.41) is 12.1. The summed E-state index contributed by atoms with van der Waals surface area (Å²) in [6, 6.07) is 5.98. The molecule has 3 unspecified atom stereocenters. The van der Waals surface area contributed by atoms with E-state index in [1.165, 1.54) is 0 Å². The van der Waals surface area contributed by atoms with Gasteiger partial charge in [0.05, 0.1) is 12.0 Å². The van der Waals surface area contributed by atoms with Crippen LogP contribution in [0.4, 0.5) is 0 Å². The van der Waals surface area contributed by atoms with Crippen LogP contribution >= 0.6 is 0 Å². The van der Waals surface area contributed by atoms with Crippen LogP contribution in [-0.2, 0) is 16.1 Å². The molecule has 0 bridgehead atoms. The zero-order valence-corrected chi connectivity index (χ0v) is 15.4. The maximum absolute atomic E-state index is 12.5. The summed E-state index contributed by atoms with van der Waals surface area (Å²) < 4.78 is 5.97. The van der Waals surface area contributed by atoms with E-state index in [4.69, 9.17) is 9.84 Å². The van der Waals surface area contributed by atoms with Crippen LogP contribution in [0.3, 0.4) is 0 Å². The molecule has 0 aromatic heterocycles. The average molecular weight is 347 g/mol. The van der Waals surface area contributed by atoms with Crippen LogP contribution in [0.2, 0.25) is 0 Å². The first-order valence-corrected chi connectivity index (χ1v) is 9.17. The van der Waals surface area contributed by atoms with E-state index in [1.54, 1.807) is 0 Å². The number of ether oxygens (including phenoxy) is 1. The molecule has 3 atom stereocenters. The minimum absolute atomic E-state index is 0.0546. The Labute approximate surface area is 149 Å². The topological polar surface area (TPSA) is 75.6 Å². The van der Waals surface area contributed by atoms with E-state index in [9.17, 15) is 9.59 Å². The molecule has 1 aromatic rings. The van der Waals surface area contributed by atoms with E-state index in [2.05, 4.69) is 12.2 Å². The van der Waals surface area contributed by atoms with Crippen molar-refractivity contribution >= 4 is 11.9 Å². The molecular formula is C20H29NO4. The summed E-state index contributed by atoms with van der Waals surface area (Å²) in [6.07, 6.45) is 3.70. The molecule has 0 spiro atoms. The lowest BCUT2D eigenvalue weighted by Gasteiger charge is -2.26. The van der Waals surface area contributed by atoms with Gasteiger partial charge in [0.25, 0.3) is 0 Å². The maximum Gasteiger partial charge on any atom is 0.306 e. The van der Waals surface area contributed by atoms with Gasteiger partial charge < -0.3 is 15.2 Å². The fourth-order valence-corrected chi connectivity index (χ4v) is 3.20. The van der Waals surface area contributed by atoms with Crippen LogP contribution in [0.25, 0.3) is 0 Å². The maximum atomic E-state index is 12.5. The summed E-state index contributed by atoms with van der Waals surface area (Å²) >= 11 is 0. The number of aryl methyl sites for hydroxylation is 1. The van der Waals surface area contributed by atoms with Gasteiger partial charge >= 0.3 is 5.97 Å². The third-order valence-electron chi connectivity index (χ3n) is 4.97. The number of carbonyl (C=O) groups is 2. The molecule has 5 heteroatoms. The van der Waals surface area contributed by atoms with Crippen molar-refractivity contribution in [3.63, 3.8) is 0 Å². The minimum Gasteiger partial charge on any atom is -0.490 e. The van der Waals surface area contributed by atoms with Gasteiger partial charge in [-0.1, -0.05) is 25.5 Å². The first-order chi connectivity index (χ1) is 11.9. The van der Waals surface area contributed by atoms with E-state index < -0.39 is 11.9 Å². The summed E-state index contributed by atoms with van der Waals surface area (Å²) in [5.41, 5.74) is 2.06. The smallest absolute Gasteiger partial charge is 0.306 e. The molecule has 1 saturated carbocycles. The first kappa shape index (κ1) is 19.3. The van der Waals surface area contributed by atoms with Crippen LogP contribution in [0.5, 0.6) is 5.75 Å². The van der Waals surface area contributed by atoms with Crippen molar-refractivity contribution in [2.45, 2.75) is 65.5 Å². The molecule has 1 aliphatic carbocycles. The van der Waals surface area contributed by atoms with Gasteiger partial charge in [-0.3, -0.25) is 9.59 Å². The van der Waals surface area contributed by atoms with Gasteiger partial charge in [-0.2, -0.15) is 0 Å². The highest BCUT2D eigenvalue weighted by Crippen LogP contribution is 2.29. The van der Waals surface area contributed by atoms with Crippen molar-refractivity contribution in [1.82, 2.24) is 5.32 Å². The Kier molecular flexibility index (Phi) is 6.85. The van der Waals surface area contributed by atoms with Crippen LogP contribution in [0.15, 0.2) is 18.2 Å². The number of nitrogens with one attached hydrogen (secondary N) is 1. The lowest BCUT2D eigenvalue weighted by molar-refractivity contribution is -0.144. The Hall–Kier alpha value is -2.04. The Bertz CT molecular complexity index is 614. The lowest BCUT2D eigenvalue weighted by atomic mass is 9.81. The number of hydrogen-bond donors (Lipinski definition) is 2. The van der Waals surface area contributed by atoms with E-state index in [-0.39, 0.29) is 17.9 Å². The van der Waals surface area contributed by atoms with Crippen LogP contribution < -0.4 is 10.1 Å². The number of aliphatic carboxylic acids is 1. The Morgan fingerprint density at radius 1 is 1.32 bits per heavy atom. The molecule has 1 aromatic carbocycles. The molecule has 5 nitrogen and oxygen atoms in total. The highest BCUT2D eigenvalue weighted by molar-refractivity contribution is 5.80. The number of rotatable bonds is 7. The predicted molar refractivity (Wildman–Crippen MR) is 96.5 cm³/mol. The van der Waals surface area contributed by atoms with Crippen molar-refractivity contribution in [2.24, 2.45) is 11.8 Å². The van der Waals surface area contributed by atoms with Crippen molar-refractivity contribution < 1.29 is 19.4 Å². The molecule has 0 heterocycles. The molecule has 2 rings (SSSR count). The standard InChI is InChI=1S/C20H29NO4/c1-4-14(3)25-18-10-13(2)8-9-17(18)12-21-19(22)15-6-5-7-16(11-15)20(23)24/h8-10,14-16H,4-7,11-12H2,1-3H3,(H,21,22)(H,23,24). The van der Waals surface area contributed by atoms with Crippen molar-refractivity contribution in [3.8, 4) is 5.75 Å². The molecule has 0 saturated heterocycles. The molecular weight excluding hydrogens is 318 g/mol. The second-order valence-electron chi connectivity index (χ2n) is 7.06. The minimum atomic E-state index is -0.791. The molecule has 0 aliphatic heterocycles. The number of benzene rings is 1. The van der Waals surface area contributed by atoms with Gasteiger partial charge in [0.1, 0.15) is 5.75 Å². The quantitative estimate of drug-likeness (QED) is 0.789. The van der Waals surface area contributed by atoms with E-state index in [0.29, 0.717) is 19.4 Å². The molecule has 138 valence electrons. The van der Waals surface area contributed by atoms with Crippen molar-refractivity contribution in [1.29, 1.82) is 0 Å². The third kappa shape index (κ3) is 5.48. The Morgan fingerprint density at radius 2 is 2.04 bits per heavy atom. The summed E-state index contributed by atoms with van der Waals surface area (Å²) in [7, 11) is 0. The van der Waals surface area contributed by atoms with Gasteiger partial charge in [0.15, 0.2) is 0 Å². The third-order valence-corrected chi connectivity index (χ3v) is 4.97. The summed E-state index contributed by atoms with van der Waals surface area (Å²) in [6.45, 7) is 6.52. The molecule has 25 heavy (non-hydrogen) atoms. The molecule has 0 radical (unpaired) electrons. The second kappa shape index (κ2) is 8.88. The zero-order valence-electron chi connectivity index (χ0n) is 15.4. The van der Waals surface area contributed by atoms with E-state index in [0.717, 1.165) is 36.1 Å². The Balaban J connectivity index is 1.98. The van der Waals surface area contributed by atoms with Gasteiger partial charge in [-0.15, -0.1) is 0 Å². The van der Waals surface area contributed by atoms with E-state index >= 15 is 0 Å². The number of carboxylic acid groups (broad SMARTS) is 1. The highest BCUT2D eigenvalue weighted by atomic mass is 16.5.